The Morgan fingerprint density at radius 1 is 1.21 bits per heavy atom. The zero-order valence-corrected chi connectivity index (χ0v) is 18.0. The number of carbonyl (C=O) groups excluding carboxylic acids is 1. The number of hydrogen-bond donors (Lipinski definition) is 0. The van der Waals surface area contributed by atoms with Gasteiger partial charge >= 0.3 is 0 Å². The highest BCUT2D eigenvalue weighted by Gasteiger charge is 2.28. The summed E-state index contributed by atoms with van der Waals surface area (Å²) in [6.45, 7) is 13.3. The van der Waals surface area contributed by atoms with E-state index in [2.05, 4.69) is 66.3 Å². The van der Waals surface area contributed by atoms with E-state index in [1.807, 2.05) is 0 Å². The van der Waals surface area contributed by atoms with Gasteiger partial charge in [0.15, 0.2) is 0 Å². The van der Waals surface area contributed by atoms with Crippen molar-refractivity contribution in [2.75, 3.05) is 26.2 Å². The van der Waals surface area contributed by atoms with Crippen molar-refractivity contribution in [1.82, 2.24) is 19.4 Å². The lowest BCUT2D eigenvalue weighted by Crippen LogP contribution is -2.42. The fourth-order valence-electron chi connectivity index (χ4n) is 4.35. The molecule has 0 aliphatic carbocycles. The third-order valence-corrected chi connectivity index (χ3v) is 5.96. The standard InChI is InChI=1S/C23H36N4O/c1-5-7-14-26(6-2)23(28)19-12-15-25(16-13-19)17-22-24-20-10-8-9-11-21(20)27(22)18(3)4/h8-11,18-19H,5-7,12-17H2,1-4H3. The van der Waals surface area contributed by atoms with Crippen LogP contribution in [0.1, 0.15) is 65.2 Å². The largest absolute Gasteiger partial charge is 0.343 e. The number of amides is 1. The molecule has 5 heteroatoms. The monoisotopic (exact) mass is 384 g/mol. The average Bonchev–Trinajstić information content (AvgIpc) is 3.07. The molecular weight excluding hydrogens is 348 g/mol. The van der Waals surface area contributed by atoms with Gasteiger partial charge in [-0.2, -0.15) is 0 Å². The number of imidazole rings is 1. The molecule has 1 aromatic carbocycles. The number of aromatic nitrogens is 2. The Bertz CT molecular complexity index is 774. The molecule has 0 saturated carbocycles. The average molecular weight is 385 g/mol. The predicted octanol–water partition coefficient (Wildman–Crippen LogP) is 4.48. The van der Waals surface area contributed by atoms with Crippen molar-refractivity contribution in [1.29, 1.82) is 0 Å². The van der Waals surface area contributed by atoms with Crippen LogP contribution in [0.4, 0.5) is 0 Å². The summed E-state index contributed by atoms with van der Waals surface area (Å²) in [7, 11) is 0. The van der Waals surface area contributed by atoms with E-state index in [1.54, 1.807) is 0 Å². The Labute approximate surface area is 169 Å². The first-order valence-corrected chi connectivity index (χ1v) is 11.0. The third kappa shape index (κ3) is 4.57. The van der Waals surface area contributed by atoms with Crippen LogP contribution in [0.25, 0.3) is 11.0 Å². The van der Waals surface area contributed by atoms with Crippen molar-refractivity contribution in [3.05, 3.63) is 30.1 Å². The molecule has 0 spiro atoms. The molecule has 1 saturated heterocycles. The summed E-state index contributed by atoms with van der Waals surface area (Å²) in [4.78, 5) is 22.3. The van der Waals surface area contributed by atoms with Crippen LogP contribution in [0.2, 0.25) is 0 Å². The molecular formula is C23H36N4O. The summed E-state index contributed by atoms with van der Waals surface area (Å²) in [5.74, 6) is 1.70. The topological polar surface area (TPSA) is 41.4 Å². The van der Waals surface area contributed by atoms with Gasteiger partial charge in [0.25, 0.3) is 0 Å². The number of piperidine rings is 1. The highest BCUT2D eigenvalue weighted by Crippen LogP contribution is 2.25. The number of unbranched alkanes of at least 4 members (excludes halogenated alkanes) is 1. The van der Waals surface area contributed by atoms with Crippen LogP contribution in [0.3, 0.4) is 0 Å². The number of likely N-dealkylation sites (tertiary alicyclic amines) is 1. The lowest BCUT2D eigenvalue weighted by Gasteiger charge is -2.34. The Balaban J connectivity index is 1.62. The van der Waals surface area contributed by atoms with E-state index in [-0.39, 0.29) is 5.92 Å². The molecule has 0 unspecified atom stereocenters. The van der Waals surface area contributed by atoms with E-state index >= 15 is 0 Å². The fourth-order valence-corrected chi connectivity index (χ4v) is 4.35. The van der Waals surface area contributed by atoms with Crippen molar-refractivity contribution in [3.8, 4) is 0 Å². The van der Waals surface area contributed by atoms with Gasteiger partial charge in [-0.05, 0) is 65.3 Å². The van der Waals surface area contributed by atoms with Gasteiger partial charge in [-0.3, -0.25) is 9.69 Å². The Hall–Kier alpha value is -1.88. The van der Waals surface area contributed by atoms with E-state index in [0.29, 0.717) is 11.9 Å². The molecule has 1 aliphatic heterocycles. The van der Waals surface area contributed by atoms with E-state index in [0.717, 1.165) is 69.7 Å². The smallest absolute Gasteiger partial charge is 0.225 e. The molecule has 154 valence electrons. The van der Waals surface area contributed by atoms with Gasteiger partial charge in [-0.15, -0.1) is 0 Å². The molecule has 28 heavy (non-hydrogen) atoms. The minimum atomic E-state index is 0.192. The molecule has 2 aromatic rings. The van der Waals surface area contributed by atoms with Crippen LogP contribution in [-0.4, -0.2) is 51.4 Å². The summed E-state index contributed by atoms with van der Waals surface area (Å²) in [5.41, 5.74) is 2.29. The first-order valence-electron chi connectivity index (χ1n) is 11.0. The van der Waals surface area contributed by atoms with Crippen LogP contribution in [0, 0.1) is 5.92 Å². The third-order valence-electron chi connectivity index (χ3n) is 5.96. The number of para-hydroxylation sites is 2. The zero-order valence-electron chi connectivity index (χ0n) is 18.0. The maximum absolute atomic E-state index is 12.9. The van der Waals surface area contributed by atoms with Gasteiger partial charge in [0.2, 0.25) is 5.91 Å². The van der Waals surface area contributed by atoms with Crippen LogP contribution < -0.4 is 0 Å². The number of fused-ring (bicyclic) bond motifs is 1. The minimum Gasteiger partial charge on any atom is -0.343 e. The minimum absolute atomic E-state index is 0.192. The molecule has 1 amide bonds. The van der Waals surface area contributed by atoms with E-state index in [4.69, 9.17) is 4.98 Å². The van der Waals surface area contributed by atoms with Gasteiger partial charge in [0, 0.05) is 25.0 Å². The van der Waals surface area contributed by atoms with Crippen molar-refractivity contribution in [2.45, 2.75) is 66.0 Å². The van der Waals surface area contributed by atoms with Crippen molar-refractivity contribution in [3.63, 3.8) is 0 Å². The molecule has 1 aromatic heterocycles. The second kappa shape index (κ2) is 9.55. The number of rotatable bonds is 8. The van der Waals surface area contributed by atoms with Crippen molar-refractivity contribution >= 4 is 16.9 Å². The quantitative estimate of drug-likeness (QED) is 0.674. The van der Waals surface area contributed by atoms with Crippen molar-refractivity contribution in [2.24, 2.45) is 5.92 Å². The fraction of sp³-hybridized carbons (Fsp3) is 0.652. The molecule has 0 N–H and O–H groups in total. The summed E-state index contributed by atoms with van der Waals surface area (Å²) in [5, 5.41) is 0. The molecule has 1 aliphatic rings. The molecule has 1 fully saturated rings. The van der Waals surface area contributed by atoms with Gasteiger partial charge in [-0.1, -0.05) is 25.5 Å². The number of carbonyl (C=O) groups is 1. The number of benzene rings is 1. The molecule has 0 radical (unpaired) electrons. The van der Waals surface area contributed by atoms with E-state index in [9.17, 15) is 4.79 Å². The van der Waals surface area contributed by atoms with Crippen LogP contribution >= 0.6 is 0 Å². The normalized spacial score (nSPS) is 16.2. The summed E-state index contributed by atoms with van der Waals surface area (Å²) >= 11 is 0. The van der Waals surface area contributed by atoms with Crippen LogP contribution in [0.15, 0.2) is 24.3 Å². The predicted molar refractivity (Wildman–Crippen MR) is 115 cm³/mol. The molecule has 3 rings (SSSR count). The van der Waals surface area contributed by atoms with E-state index < -0.39 is 0 Å². The van der Waals surface area contributed by atoms with Crippen molar-refractivity contribution < 1.29 is 4.79 Å². The number of hydrogen-bond acceptors (Lipinski definition) is 3. The first kappa shape index (κ1) is 20.8. The molecule has 0 atom stereocenters. The molecule has 2 heterocycles. The number of nitrogens with zero attached hydrogens (tertiary/aromatic N) is 4. The van der Waals surface area contributed by atoms with Crippen LogP contribution in [0.5, 0.6) is 0 Å². The Morgan fingerprint density at radius 3 is 2.57 bits per heavy atom. The summed E-state index contributed by atoms with van der Waals surface area (Å²) in [6.07, 6.45) is 4.16. The zero-order chi connectivity index (χ0) is 20.1. The molecule has 0 bridgehead atoms. The van der Waals surface area contributed by atoms with Crippen LogP contribution in [-0.2, 0) is 11.3 Å². The van der Waals surface area contributed by atoms with Gasteiger partial charge in [-0.25, -0.2) is 4.98 Å². The SMILES string of the molecule is CCCCN(CC)C(=O)C1CCN(Cc2nc3ccccc3n2C(C)C)CC1. The van der Waals surface area contributed by atoms with Gasteiger partial charge in [0.05, 0.1) is 17.6 Å². The Kier molecular flexibility index (Phi) is 7.11. The lowest BCUT2D eigenvalue weighted by atomic mass is 9.95. The second-order valence-corrected chi connectivity index (χ2v) is 8.30. The highest BCUT2D eigenvalue weighted by molar-refractivity contribution is 5.79. The first-order chi connectivity index (χ1) is 13.5. The second-order valence-electron chi connectivity index (χ2n) is 8.30. The Morgan fingerprint density at radius 2 is 1.93 bits per heavy atom. The van der Waals surface area contributed by atoms with Gasteiger partial charge < -0.3 is 9.47 Å². The maximum atomic E-state index is 12.9. The summed E-state index contributed by atoms with van der Waals surface area (Å²) < 4.78 is 2.36. The van der Waals surface area contributed by atoms with E-state index in [1.165, 1.54) is 5.52 Å². The lowest BCUT2D eigenvalue weighted by molar-refractivity contribution is -0.137. The molecule has 5 nitrogen and oxygen atoms in total. The van der Waals surface area contributed by atoms with Gasteiger partial charge in [0.1, 0.15) is 5.82 Å². The maximum Gasteiger partial charge on any atom is 0.225 e. The highest BCUT2D eigenvalue weighted by atomic mass is 16.2. The summed E-state index contributed by atoms with van der Waals surface area (Å²) in [6, 6.07) is 8.78.